The van der Waals surface area contributed by atoms with Crippen molar-refractivity contribution < 1.29 is 9.32 Å². The summed E-state index contributed by atoms with van der Waals surface area (Å²) in [6.45, 7) is 0. The Kier molecular flexibility index (Phi) is 2.27. The van der Waals surface area contributed by atoms with E-state index >= 15 is 0 Å². The number of anilines is 1. The number of amides is 1. The third-order valence-electron chi connectivity index (χ3n) is 1.82. The quantitative estimate of drug-likeness (QED) is 0.748. The van der Waals surface area contributed by atoms with Crippen LogP contribution in [-0.2, 0) is 4.79 Å². The maximum atomic E-state index is 10.3. The van der Waals surface area contributed by atoms with Crippen molar-refractivity contribution >= 4 is 12.1 Å². The molecule has 1 aromatic carbocycles. The Bertz CT molecular complexity index is 423. The summed E-state index contributed by atoms with van der Waals surface area (Å²) in [6.07, 6.45) is 2.07. The van der Waals surface area contributed by atoms with Gasteiger partial charge in [0.15, 0.2) is 5.76 Å². The molecule has 4 heteroatoms. The molecule has 0 aliphatic carbocycles. The monoisotopic (exact) mass is 188 g/mol. The van der Waals surface area contributed by atoms with Crippen molar-refractivity contribution in [2.24, 2.45) is 0 Å². The highest BCUT2D eigenvalue weighted by atomic mass is 16.5. The molecule has 0 radical (unpaired) electrons. The lowest BCUT2D eigenvalue weighted by atomic mass is 10.1. The van der Waals surface area contributed by atoms with Gasteiger partial charge in [-0.15, -0.1) is 0 Å². The zero-order valence-electron chi connectivity index (χ0n) is 7.31. The molecule has 0 saturated heterocycles. The zero-order chi connectivity index (χ0) is 9.80. The number of hydrogen-bond acceptors (Lipinski definition) is 3. The Balaban J connectivity index is 2.41. The van der Waals surface area contributed by atoms with Crippen molar-refractivity contribution in [1.82, 2.24) is 5.16 Å². The van der Waals surface area contributed by atoms with Gasteiger partial charge in [0.1, 0.15) is 5.69 Å². The van der Waals surface area contributed by atoms with Crippen LogP contribution < -0.4 is 5.32 Å². The molecule has 4 nitrogen and oxygen atoms in total. The van der Waals surface area contributed by atoms with Crippen LogP contribution in [0.3, 0.4) is 0 Å². The number of hydrogen-bond donors (Lipinski definition) is 1. The van der Waals surface area contributed by atoms with Gasteiger partial charge in [0.05, 0.1) is 6.20 Å². The standard InChI is InChI=1S/C10H8N2O2/c13-7-11-9-6-12-14-10(9)8-4-2-1-3-5-8/h1-7H,(H,11,13). The van der Waals surface area contributed by atoms with Crippen LogP contribution in [0.5, 0.6) is 0 Å². The highest BCUT2D eigenvalue weighted by molar-refractivity contribution is 5.81. The molecule has 0 spiro atoms. The van der Waals surface area contributed by atoms with Gasteiger partial charge in [0.2, 0.25) is 6.41 Å². The van der Waals surface area contributed by atoms with Crippen LogP contribution in [0.15, 0.2) is 41.1 Å². The molecule has 0 aliphatic rings. The largest absolute Gasteiger partial charge is 0.354 e. The topological polar surface area (TPSA) is 55.1 Å². The summed E-state index contributed by atoms with van der Waals surface area (Å²) in [6, 6.07) is 9.46. The van der Waals surface area contributed by atoms with Crippen molar-refractivity contribution in [3.8, 4) is 11.3 Å². The van der Waals surface area contributed by atoms with Crippen LogP contribution in [-0.4, -0.2) is 11.6 Å². The van der Waals surface area contributed by atoms with Crippen LogP contribution in [0.2, 0.25) is 0 Å². The molecule has 0 fully saturated rings. The number of nitrogens with zero attached hydrogens (tertiary/aromatic N) is 1. The number of nitrogens with one attached hydrogen (secondary N) is 1. The minimum Gasteiger partial charge on any atom is -0.354 e. The van der Waals surface area contributed by atoms with E-state index in [-0.39, 0.29) is 0 Å². The second kappa shape index (κ2) is 3.74. The first-order valence-electron chi connectivity index (χ1n) is 4.12. The van der Waals surface area contributed by atoms with E-state index in [1.54, 1.807) is 0 Å². The van der Waals surface area contributed by atoms with E-state index in [9.17, 15) is 4.79 Å². The number of rotatable bonds is 3. The summed E-state index contributed by atoms with van der Waals surface area (Å²) in [4.78, 5) is 10.3. The van der Waals surface area contributed by atoms with Gasteiger partial charge in [-0.1, -0.05) is 35.5 Å². The number of carbonyl (C=O) groups excluding carboxylic acids is 1. The van der Waals surface area contributed by atoms with Crippen LogP contribution in [0, 0.1) is 0 Å². The first-order valence-corrected chi connectivity index (χ1v) is 4.12. The molecule has 1 aromatic heterocycles. The molecule has 70 valence electrons. The Morgan fingerprint density at radius 2 is 2.07 bits per heavy atom. The highest BCUT2D eigenvalue weighted by Crippen LogP contribution is 2.26. The Labute approximate surface area is 80.5 Å². The predicted octanol–water partition coefficient (Wildman–Crippen LogP) is 1.91. The van der Waals surface area contributed by atoms with Gasteiger partial charge >= 0.3 is 0 Å². The fourth-order valence-corrected chi connectivity index (χ4v) is 1.20. The summed E-state index contributed by atoms with van der Waals surface area (Å²) in [5.74, 6) is 0.567. The minimum absolute atomic E-state index is 0.567. The fraction of sp³-hybridized carbons (Fsp3) is 0. The van der Waals surface area contributed by atoms with Gasteiger partial charge in [0, 0.05) is 5.56 Å². The summed E-state index contributed by atoms with van der Waals surface area (Å²) in [5, 5.41) is 6.14. The van der Waals surface area contributed by atoms with E-state index in [4.69, 9.17) is 4.52 Å². The molecule has 1 heterocycles. The summed E-state index contributed by atoms with van der Waals surface area (Å²) >= 11 is 0. The molecule has 0 atom stereocenters. The smallest absolute Gasteiger partial charge is 0.211 e. The molecular formula is C10H8N2O2. The van der Waals surface area contributed by atoms with Gasteiger partial charge in [0.25, 0.3) is 0 Å². The lowest BCUT2D eigenvalue weighted by Crippen LogP contribution is -1.93. The molecule has 0 saturated carbocycles. The summed E-state index contributed by atoms with van der Waals surface area (Å²) < 4.78 is 5.03. The van der Waals surface area contributed by atoms with Crippen LogP contribution >= 0.6 is 0 Å². The maximum absolute atomic E-state index is 10.3. The molecular weight excluding hydrogens is 180 g/mol. The van der Waals surface area contributed by atoms with Gasteiger partial charge in [-0.05, 0) is 0 Å². The third kappa shape index (κ3) is 1.50. The van der Waals surface area contributed by atoms with E-state index in [1.165, 1.54) is 6.20 Å². The Morgan fingerprint density at radius 3 is 2.79 bits per heavy atom. The van der Waals surface area contributed by atoms with Crippen LogP contribution in [0.4, 0.5) is 5.69 Å². The summed E-state index contributed by atoms with van der Waals surface area (Å²) in [5.41, 5.74) is 1.46. The van der Waals surface area contributed by atoms with Gasteiger partial charge in [-0.25, -0.2) is 0 Å². The third-order valence-corrected chi connectivity index (χ3v) is 1.82. The molecule has 0 bridgehead atoms. The minimum atomic E-state index is 0.567. The second-order valence-electron chi connectivity index (χ2n) is 2.70. The zero-order valence-corrected chi connectivity index (χ0v) is 7.31. The van der Waals surface area contributed by atoms with E-state index in [0.29, 0.717) is 17.9 Å². The molecule has 2 rings (SSSR count). The van der Waals surface area contributed by atoms with E-state index in [0.717, 1.165) is 5.56 Å². The Morgan fingerprint density at radius 1 is 1.29 bits per heavy atom. The molecule has 14 heavy (non-hydrogen) atoms. The molecule has 0 unspecified atom stereocenters. The normalized spacial score (nSPS) is 9.71. The molecule has 2 aromatic rings. The van der Waals surface area contributed by atoms with E-state index < -0.39 is 0 Å². The van der Waals surface area contributed by atoms with Crippen molar-refractivity contribution in [1.29, 1.82) is 0 Å². The lowest BCUT2D eigenvalue weighted by molar-refractivity contribution is -0.105. The van der Waals surface area contributed by atoms with Crippen molar-refractivity contribution in [3.05, 3.63) is 36.5 Å². The lowest BCUT2D eigenvalue weighted by Gasteiger charge is -1.97. The predicted molar refractivity (Wildman–Crippen MR) is 51.6 cm³/mol. The second-order valence-corrected chi connectivity index (χ2v) is 2.70. The van der Waals surface area contributed by atoms with Crippen molar-refractivity contribution in [2.75, 3.05) is 5.32 Å². The SMILES string of the molecule is O=CNc1cnoc1-c1ccccc1. The molecule has 1 N–H and O–H groups in total. The molecule has 0 aliphatic heterocycles. The van der Waals surface area contributed by atoms with Crippen LogP contribution in [0.1, 0.15) is 0 Å². The van der Waals surface area contributed by atoms with E-state index in [2.05, 4.69) is 10.5 Å². The van der Waals surface area contributed by atoms with E-state index in [1.807, 2.05) is 30.3 Å². The summed E-state index contributed by atoms with van der Waals surface area (Å²) in [7, 11) is 0. The number of carbonyl (C=O) groups is 1. The average molecular weight is 188 g/mol. The molecule has 1 amide bonds. The number of benzene rings is 1. The number of aromatic nitrogens is 1. The highest BCUT2D eigenvalue weighted by Gasteiger charge is 2.08. The first kappa shape index (κ1) is 8.50. The average Bonchev–Trinajstić information content (AvgIpc) is 2.68. The van der Waals surface area contributed by atoms with Crippen LogP contribution in [0.25, 0.3) is 11.3 Å². The first-order chi connectivity index (χ1) is 6.92. The van der Waals surface area contributed by atoms with Crippen molar-refractivity contribution in [2.45, 2.75) is 0 Å². The van der Waals surface area contributed by atoms with Gasteiger partial charge < -0.3 is 9.84 Å². The fourth-order valence-electron chi connectivity index (χ4n) is 1.20. The van der Waals surface area contributed by atoms with Crippen molar-refractivity contribution in [3.63, 3.8) is 0 Å². The maximum Gasteiger partial charge on any atom is 0.211 e. The van der Waals surface area contributed by atoms with Gasteiger partial charge in [-0.3, -0.25) is 4.79 Å². The van der Waals surface area contributed by atoms with Gasteiger partial charge in [-0.2, -0.15) is 0 Å². The Hall–Kier alpha value is -2.10.